The monoisotopic (exact) mass is 733 g/mol. The van der Waals surface area contributed by atoms with Gasteiger partial charge in [0.2, 0.25) is 5.91 Å². The Morgan fingerprint density at radius 1 is 1.17 bits per heavy atom. The van der Waals surface area contributed by atoms with Gasteiger partial charge in [-0.05, 0) is 78.1 Å². The van der Waals surface area contributed by atoms with Crippen LogP contribution in [0.1, 0.15) is 61.3 Å². The van der Waals surface area contributed by atoms with Crippen LogP contribution in [0, 0.1) is 29.1 Å². The molecule has 11 nitrogen and oxygen atoms in total. The molecule has 3 saturated carbocycles. The molecule has 2 heterocycles. The molecular weight excluding hydrogens is 679 g/mol. The first-order valence-electron chi connectivity index (χ1n) is 18.3. The highest BCUT2D eigenvalue weighted by atomic mass is 32.1. The second kappa shape index (κ2) is 15.5. The first-order valence-corrected chi connectivity index (χ1v) is 19.2. The van der Waals surface area contributed by atoms with Crippen LogP contribution in [0.2, 0.25) is 0 Å². The van der Waals surface area contributed by atoms with E-state index in [9.17, 15) is 19.8 Å². The zero-order chi connectivity index (χ0) is 37.5. The van der Waals surface area contributed by atoms with Crippen LogP contribution in [0.4, 0.5) is 5.69 Å². The lowest BCUT2D eigenvalue weighted by Gasteiger charge is -2.62. The minimum absolute atomic E-state index is 0.00165. The fraction of sp³-hybridized carbons (Fsp3) is 0.550. The second-order valence-corrected chi connectivity index (χ2v) is 16.8. The number of ether oxygens (including phenoxy) is 1. The van der Waals surface area contributed by atoms with E-state index in [-0.39, 0.29) is 35.9 Å². The number of aliphatic hydroxyl groups excluding tert-OH is 2. The van der Waals surface area contributed by atoms with E-state index in [2.05, 4.69) is 37.5 Å². The van der Waals surface area contributed by atoms with E-state index in [4.69, 9.17) is 15.3 Å². The number of methoxy groups -OCH3 is 1. The zero-order valence-corrected chi connectivity index (χ0v) is 32.2. The minimum atomic E-state index is -1.39. The fourth-order valence-electron chi connectivity index (χ4n) is 8.91. The molecule has 6 N–H and O–H groups in total. The Labute approximate surface area is 311 Å². The van der Waals surface area contributed by atoms with Crippen molar-refractivity contribution < 1.29 is 29.4 Å². The van der Waals surface area contributed by atoms with E-state index in [1.54, 1.807) is 18.4 Å². The van der Waals surface area contributed by atoms with Crippen LogP contribution in [-0.4, -0.2) is 85.4 Å². The van der Waals surface area contributed by atoms with Crippen molar-refractivity contribution in [3.05, 3.63) is 69.9 Å². The molecule has 3 aromatic rings. The Kier molecular flexibility index (Phi) is 11.4. The van der Waals surface area contributed by atoms with E-state index < -0.39 is 30.9 Å². The maximum Gasteiger partial charge on any atom is 0.251 e. The molecule has 7 rings (SSSR count). The first kappa shape index (κ1) is 38.2. The molecule has 1 saturated heterocycles. The number of para-hydroxylation sites is 1. The number of fused-ring (bicyclic) bond motifs is 2. The summed E-state index contributed by atoms with van der Waals surface area (Å²) >= 11 is 1.67. The van der Waals surface area contributed by atoms with Crippen molar-refractivity contribution >= 4 is 28.8 Å². The third kappa shape index (κ3) is 7.47. The van der Waals surface area contributed by atoms with Gasteiger partial charge in [-0.3, -0.25) is 14.4 Å². The Hall–Kier alpha value is -3.52. The number of thiophene rings is 1. The molecule has 9 atom stereocenters. The van der Waals surface area contributed by atoms with Crippen molar-refractivity contribution in [3.8, 4) is 16.9 Å². The number of carbonyl (C=O) groups excluding carboxylic acids is 2. The van der Waals surface area contributed by atoms with Crippen LogP contribution >= 0.6 is 11.3 Å². The predicted molar refractivity (Wildman–Crippen MR) is 204 cm³/mol. The Balaban J connectivity index is 1.27. The van der Waals surface area contributed by atoms with E-state index in [1.807, 2.05) is 73.8 Å². The molecular formula is C40H55N5O6S. The molecule has 0 radical (unpaired) electrons. The number of carbonyl (C=O) groups is 2. The summed E-state index contributed by atoms with van der Waals surface area (Å²) in [6.07, 6.45) is 0.563. The summed E-state index contributed by atoms with van der Waals surface area (Å²) in [5.74, 6) is 0.643. The quantitative estimate of drug-likeness (QED) is 0.161. The van der Waals surface area contributed by atoms with Crippen molar-refractivity contribution in [3.63, 3.8) is 0 Å². The van der Waals surface area contributed by atoms with Crippen molar-refractivity contribution in [1.82, 2.24) is 15.7 Å². The summed E-state index contributed by atoms with van der Waals surface area (Å²) in [6.45, 7) is 8.56. The van der Waals surface area contributed by atoms with Crippen molar-refractivity contribution in [2.24, 2.45) is 34.8 Å². The molecule has 2 bridgehead atoms. The molecule has 1 aromatic heterocycles. The SMILES string of the molecule is COc1c(CN2O[C@@H](CO)[C@@H]([C@H](N)O)[C@H]2C(=O)N[C@H]2C[C@H]3C[C@@H]([C@@H]2C)C3(C)C)cccc1-c1cc(C(=O)N[C@H](C)Cc2cccs2)cc(N(C)C)c1. The predicted octanol–water partition coefficient (Wildman–Crippen LogP) is 4.41. The summed E-state index contributed by atoms with van der Waals surface area (Å²) in [7, 11) is 5.45. The molecule has 0 unspecified atom stereocenters. The van der Waals surface area contributed by atoms with Crippen LogP contribution in [0.5, 0.6) is 5.75 Å². The second-order valence-electron chi connectivity index (χ2n) is 15.8. The summed E-state index contributed by atoms with van der Waals surface area (Å²) in [5, 5.41) is 31.0. The number of benzene rings is 2. The number of hydrogen-bond acceptors (Lipinski definition) is 10. The van der Waals surface area contributed by atoms with E-state index in [1.165, 1.54) is 16.4 Å². The average molecular weight is 734 g/mol. The third-order valence-electron chi connectivity index (χ3n) is 12.0. The van der Waals surface area contributed by atoms with Crippen molar-refractivity contribution in [1.29, 1.82) is 0 Å². The van der Waals surface area contributed by atoms with Crippen molar-refractivity contribution in [2.75, 3.05) is 32.7 Å². The average Bonchev–Trinajstić information content (AvgIpc) is 3.76. The number of nitrogens with one attached hydrogen (secondary N) is 2. The van der Waals surface area contributed by atoms with Crippen LogP contribution in [-0.2, 0) is 22.6 Å². The van der Waals surface area contributed by atoms with Gasteiger partial charge in [0, 0.05) is 59.9 Å². The molecule has 12 heteroatoms. The highest BCUT2D eigenvalue weighted by molar-refractivity contribution is 7.09. The summed E-state index contributed by atoms with van der Waals surface area (Å²) in [5.41, 5.74) is 9.98. The first-order chi connectivity index (χ1) is 24.7. The van der Waals surface area contributed by atoms with Gasteiger partial charge in [0.1, 0.15) is 24.1 Å². The molecule has 0 spiro atoms. The van der Waals surface area contributed by atoms with Crippen LogP contribution in [0.15, 0.2) is 53.9 Å². The molecule has 2 aromatic carbocycles. The normalized spacial score (nSPS) is 27.7. The summed E-state index contributed by atoms with van der Waals surface area (Å²) in [6, 6.07) is 14.6. The van der Waals surface area contributed by atoms with Crippen molar-refractivity contribution in [2.45, 2.75) is 84.0 Å². The van der Waals surface area contributed by atoms with Gasteiger partial charge in [-0.15, -0.1) is 11.3 Å². The largest absolute Gasteiger partial charge is 0.496 e. The van der Waals surface area contributed by atoms with Crippen LogP contribution in [0.3, 0.4) is 0 Å². The Morgan fingerprint density at radius 3 is 2.56 bits per heavy atom. The van der Waals surface area contributed by atoms with Gasteiger partial charge in [-0.25, -0.2) is 0 Å². The van der Waals surface area contributed by atoms with Crippen LogP contribution in [0.25, 0.3) is 11.1 Å². The number of aliphatic hydroxyl groups is 2. The lowest BCUT2D eigenvalue weighted by Crippen LogP contribution is -2.62. The van der Waals surface area contributed by atoms with E-state index >= 15 is 0 Å². The molecule has 4 fully saturated rings. The summed E-state index contributed by atoms with van der Waals surface area (Å²) in [4.78, 5) is 37.1. The highest BCUT2D eigenvalue weighted by Crippen LogP contribution is 2.61. The minimum Gasteiger partial charge on any atom is -0.496 e. The van der Waals surface area contributed by atoms with Gasteiger partial charge < -0.3 is 36.2 Å². The fourth-order valence-corrected chi connectivity index (χ4v) is 9.74. The Bertz CT molecular complexity index is 1730. The molecule has 4 aliphatic rings. The van der Waals surface area contributed by atoms with Gasteiger partial charge in [-0.1, -0.05) is 45.0 Å². The molecule has 282 valence electrons. The smallest absolute Gasteiger partial charge is 0.251 e. The van der Waals surface area contributed by atoms with E-state index in [0.29, 0.717) is 29.1 Å². The molecule has 3 aliphatic carbocycles. The number of anilines is 1. The van der Waals surface area contributed by atoms with Gasteiger partial charge >= 0.3 is 0 Å². The Morgan fingerprint density at radius 2 is 1.94 bits per heavy atom. The number of hydroxylamine groups is 2. The lowest BCUT2D eigenvalue weighted by molar-refractivity contribution is -0.183. The molecule has 52 heavy (non-hydrogen) atoms. The standard InChI is InChI=1S/C40H55N5O6S/c1-22(14-29-11-9-13-52-29)42-38(48)26-15-25(16-28(17-26)44(5)6)30-12-8-10-24(36(30)50-7)20-45-35(34(37(41)47)33(21-46)51-45)39(49)43-32-19-27-18-31(23(32)2)40(27,3)4/h8-13,15-17,22-23,27,31-35,37,46-47H,14,18-21,41H2,1-7H3,(H,42,48)(H,43,49)/t22-,23+,27-,31+,32+,33+,34-,35+,37-/m1/s1. The number of hydrogen-bond donors (Lipinski definition) is 5. The van der Waals surface area contributed by atoms with Gasteiger partial charge in [0.15, 0.2) is 0 Å². The number of amides is 2. The van der Waals surface area contributed by atoms with Gasteiger partial charge in [0.05, 0.1) is 26.2 Å². The third-order valence-corrected chi connectivity index (χ3v) is 12.9. The lowest BCUT2D eigenvalue weighted by atomic mass is 9.45. The van der Waals surface area contributed by atoms with Crippen LogP contribution < -0.4 is 26.0 Å². The number of nitrogens with zero attached hydrogens (tertiary/aromatic N) is 2. The topological polar surface area (TPSA) is 150 Å². The van der Waals surface area contributed by atoms with E-state index in [0.717, 1.165) is 35.2 Å². The maximum absolute atomic E-state index is 14.2. The maximum atomic E-state index is 14.2. The van der Waals surface area contributed by atoms with Gasteiger partial charge in [-0.2, -0.15) is 5.06 Å². The number of rotatable bonds is 13. The molecule has 1 aliphatic heterocycles. The summed E-state index contributed by atoms with van der Waals surface area (Å²) < 4.78 is 6.04. The zero-order valence-electron chi connectivity index (χ0n) is 31.3. The number of nitrogens with two attached hydrogens (primary N) is 1. The van der Waals surface area contributed by atoms with Gasteiger partial charge in [0.25, 0.3) is 5.91 Å². The highest BCUT2D eigenvalue weighted by Gasteiger charge is 2.57. The molecule has 2 amide bonds.